The van der Waals surface area contributed by atoms with Gasteiger partial charge in [0.2, 0.25) is 0 Å². The summed E-state index contributed by atoms with van der Waals surface area (Å²) in [7, 11) is 0. The molecular weight excluding hydrogens is 141 g/mol. The highest BCUT2D eigenvalue weighted by Crippen LogP contribution is 2.31. The van der Waals surface area contributed by atoms with Gasteiger partial charge in [0.25, 0.3) is 0 Å². The number of halogens is 1. The van der Waals surface area contributed by atoms with Crippen molar-refractivity contribution in [2.75, 3.05) is 0 Å². The van der Waals surface area contributed by atoms with Crippen molar-refractivity contribution in [2.45, 2.75) is 12.8 Å². The van der Waals surface area contributed by atoms with Crippen molar-refractivity contribution in [1.29, 1.82) is 0 Å². The molecule has 0 spiro atoms. The molecule has 1 aromatic rings. The Bertz CT molecular complexity index is 317. The standard InChI is InChI=1S/C9H8FN/c1-6-5-11-9-3-2-7(10)4-8(6)9/h2-6H,1H3. The van der Waals surface area contributed by atoms with Crippen LogP contribution in [0, 0.1) is 5.82 Å². The summed E-state index contributed by atoms with van der Waals surface area (Å²) in [6, 6.07) is 4.70. The molecule has 1 aliphatic heterocycles. The van der Waals surface area contributed by atoms with Gasteiger partial charge in [-0.25, -0.2) is 4.39 Å². The van der Waals surface area contributed by atoms with E-state index in [0.717, 1.165) is 11.3 Å². The molecule has 0 fully saturated rings. The first-order valence-electron chi connectivity index (χ1n) is 3.61. The summed E-state index contributed by atoms with van der Waals surface area (Å²) >= 11 is 0. The molecule has 1 unspecified atom stereocenters. The maximum Gasteiger partial charge on any atom is 0.123 e. The zero-order valence-corrected chi connectivity index (χ0v) is 6.21. The van der Waals surface area contributed by atoms with Crippen LogP contribution in [-0.2, 0) is 0 Å². The summed E-state index contributed by atoms with van der Waals surface area (Å²) in [5, 5.41) is 0. The smallest absolute Gasteiger partial charge is 0.123 e. The van der Waals surface area contributed by atoms with Crippen molar-refractivity contribution in [1.82, 2.24) is 0 Å². The number of hydrogen-bond donors (Lipinski definition) is 0. The van der Waals surface area contributed by atoms with E-state index in [2.05, 4.69) is 4.99 Å². The van der Waals surface area contributed by atoms with Gasteiger partial charge in [-0.1, -0.05) is 6.92 Å². The second kappa shape index (κ2) is 2.16. The van der Waals surface area contributed by atoms with Crippen LogP contribution in [0.2, 0.25) is 0 Å². The van der Waals surface area contributed by atoms with Gasteiger partial charge in [0.15, 0.2) is 0 Å². The van der Waals surface area contributed by atoms with Gasteiger partial charge in [-0.05, 0) is 23.8 Å². The minimum absolute atomic E-state index is 0.180. The molecule has 2 heteroatoms. The van der Waals surface area contributed by atoms with E-state index in [0.29, 0.717) is 0 Å². The minimum Gasteiger partial charge on any atom is -0.260 e. The molecule has 0 saturated heterocycles. The summed E-state index contributed by atoms with van der Waals surface area (Å²) in [5.74, 6) is 0.0850. The van der Waals surface area contributed by atoms with Gasteiger partial charge in [0.1, 0.15) is 5.82 Å². The third-order valence-corrected chi connectivity index (χ3v) is 1.92. The molecule has 1 atom stereocenters. The fourth-order valence-electron chi connectivity index (χ4n) is 1.28. The molecule has 56 valence electrons. The molecule has 0 aromatic heterocycles. The quantitative estimate of drug-likeness (QED) is 0.537. The van der Waals surface area contributed by atoms with Gasteiger partial charge in [0.05, 0.1) is 5.69 Å². The van der Waals surface area contributed by atoms with Gasteiger partial charge in [-0.15, -0.1) is 0 Å². The van der Waals surface area contributed by atoms with Crippen LogP contribution in [0.1, 0.15) is 18.4 Å². The number of fused-ring (bicyclic) bond motifs is 1. The summed E-state index contributed by atoms with van der Waals surface area (Å²) in [4.78, 5) is 4.13. The van der Waals surface area contributed by atoms with Crippen LogP contribution >= 0.6 is 0 Å². The molecule has 1 nitrogen and oxygen atoms in total. The second-order valence-corrected chi connectivity index (χ2v) is 2.77. The van der Waals surface area contributed by atoms with Gasteiger partial charge in [-0.3, -0.25) is 4.99 Å². The number of aliphatic imine (C=N–C) groups is 1. The monoisotopic (exact) mass is 149 g/mol. The highest BCUT2D eigenvalue weighted by atomic mass is 19.1. The van der Waals surface area contributed by atoms with Crippen LogP contribution in [-0.4, -0.2) is 6.21 Å². The highest BCUT2D eigenvalue weighted by molar-refractivity contribution is 5.80. The third-order valence-electron chi connectivity index (χ3n) is 1.92. The summed E-state index contributed by atoms with van der Waals surface area (Å²) in [6.07, 6.45) is 1.84. The number of hydrogen-bond acceptors (Lipinski definition) is 1. The van der Waals surface area contributed by atoms with Gasteiger partial charge >= 0.3 is 0 Å². The van der Waals surface area contributed by atoms with Crippen molar-refractivity contribution in [3.05, 3.63) is 29.6 Å². The van der Waals surface area contributed by atoms with Crippen molar-refractivity contribution in [2.24, 2.45) is 4.99 Å². The zero-order chi connectivity index (χ0) is 7.84. The van der Waals surface area contributed by atoms with E-state index in [4.69, 9.17) is 0 Å². The Morgan fingerprint density at radius 2 is 2.27 bits per heavy atom. The van der Waals surface area contributed by atoms with Crippen LogP contribution in [0.5, 0.6) is 0 Å². The molecule has 0 bridgehead atoms. The topological polar surface area (TPSA) is 12.4 Å². The Morgan fingerprint density at radius 1 is 1.45 bits per heavy atom. The average Bonchev–Trinajstić information content (AvgIpc) is 2.33. The average molecular weight is 149 g/mol. The van der Waals surface area contributed by atoms with Crippen LogP contribution < -0.4 is 0 Å². The molecular formula is C9H8FN. The Kier molecular flexibility index (Phi) is 1.28. The molecule has 0 N–H and O–H groups in total. The molecule has 0 saturated carbocycles. The Balaban J connectivity index is 2.58. The van der Waals surface area contributed by atoms with Crippen molar-refractivity contribution < 1.29 is 4.39 Å². The first kappa shape index (κ1) is 6.53. The number of benzene rings is 1. The normalized spacial score (nSPS) is 20.4. The van der Waals surface area contributed by atoms with Crippen LogP contribution in [0.4, 0.5) is 10.1 Å². The van der Waals surface area contributed by atoms with Crippen molar-refractivity contribution in [3.8, 4) is 0 Å². The molecule has 0 amide bonds. The number of rotatable bonds is 0. The van der Waals surface area contributed by atoms with Crippen LogP contribution in [0.15, 0.2) is 23.2 Å². The van der Waals surface area contributed by atoms with Gasteiger partial charge in [-0.2, -0.15) is 0 Å². The van der Waals surface area contributed by atoms with E-state index in [1.807, 2.05) is 13.1 Å². The van der Waals surface area contributed by atoms with Crippen LogP contribution in [0.3, 0.4) is 0 Å². The van der Waals surface area contributed by atoms with E-state index in [9.17, 15) is 4.39 Å². The van der Waals surface area contributed by atoms with E-state index in [-0.39, 0.29) is 11.7 Å². The molecule has 0 aliphatic carbocycles. The minimum atomic E-state index is -0.180. The van der Waals surface area contributed by atoms with E-state index < -0.39 is 0 Å². The molecule has 2 rings (SSSR count). The van der Waals surface area contributed by atoms with Crippen molar-refractivity contribution >= 4 is 11.9 Å². The summed E-state index contributed by atoms with van der Waals surface area (Å²) < 4.78 is 12.7. The lowest BCUT2D eigenvalue weighted by atomic mass is 10.0. The molecule has 1 heterocycles. The first-order valence-corrected chi connectivity index (χ1v) is 3.61. The Labute approximate surface area is 64.6 Å². The predicted molar refractivity (Wildman–Crippen MR) is 43.0 cm³/mol. The number of nitrogens with zero attached hydrogens (tertiary/aromatic N) is 1. The predicted octanol–water partition coefficient (Wildman–Crippen LogP) is 2.65. The second-order valence-electron chi connectivity index (χ2n) is 2.77. The molecule has 1 aliphatic rings. The fraction of sp³-hybridized carbons (Fsp3) is 0.222. The first-order chi connectivity index (χ1) is 5.27. The lowest BCUT2D eigenvalue weighted by molar-refractivity contribution is 0.626. The summed E-state index contributed by atoms with van der Waals surface area (Å²) in [5.41, 5.74) is 1.89. The zero-order valence-electron chi connectivity index (χ0n) is 6.21. The SMILES string of the molecule is CC1C=Nc2ccc(F)cc21. The Hall–Kier alpha value is -1.18. The van der Waals surface area contributed by atoms with E-state index in [1.54, 1.807) is 12.1 Å². The van der Waals surface area contributed by atoms with Gasteiger partial charge < -0.3 is 0 Å². The Morgan fingerprint density at radius 3 is 3.09 bits per heavy atom. The fourth-order valence-corrected chi connectivity index (χ4v) is 1.28. The lowest BCUT2D eigenvalue weighted by Crippen LogP contribution is -1.88. The molecule has 0 radical (unpaired) electrons. The maximum absolute atomic E-state index is 12.7. The van der Waals surface area contributed by atoms with Crippen molar-refractivity contribution in [3.63, 3.8) is 0 Å². The van der Waals surface area contributed by atoms with E-state index >= 15 is 0 Å². The molecule has 11 heavy (non-hydrogen) atoms. The maximum atomic E-state index is 12.7. The van der Waals surface area contributed by atoms with Gasteiger partial charge in [0, 0.05) is 12.1 Å². The largest absolute Gasteiger partial charge is 0.260 e. The van der Waals surface area contributed by atoms with Crippen LogP contribution in [0.25, 0.3) is 0 Å². The summed E-state index contributed by atoms with van der Waals surface area (Å²) in [6.45, 7) is 2.01. The molecule has 1 aromatic carbocycles. The van der Waals surface area contributed by atoms with E-state index in [1.165, 1.54) is 6.07 Å². The highest BCUT2D eigenvalue weighted by Gasteiger charge is 2.14. The third kappa shape index (κ3) is 0.946. The lowest BCUT2D eigenvalue weighted by Gasteiger charge is -2.00.